The summed E-state index contributed by atoms with van der Waals surface area (Å²) in [5.74, 6) is 0. The lowest BCUT2D eigenvalue weighted by Gasteiger charge is -2.23. The molecule has 20 heavy (non-hydrogen) atoms. The van der Waals surface area contributed by atoms with Crippen LogP contribution in [-0.4, -0.2) is 29.3 Å². The maximum absolute atomic E-state index is 11.7. The number of nitrogens with two attached hydrogens (primary N) is 1. The highest BCUT2D eigenvalue weighted by Gasteiger charge is 2.19. The molecule has 0 saturated heterocycles. The molecule has 1 rings (SSSR count). The molecule has 0 spiro atoms. The van der Waals surface area contributed by atoms with E-state index in [4.69, 9.17) is 22.1 Å². The van der Waals surface area contributed by atoms with Crippen LogP contribution < -0.4 is 11.1 Å². The van der Waals surface area contributed by atoms with Crippen LogP contribution in [0.2, 0.25) is 5.15 Å². The van der Waals surface area contributed by atoms with Gasteiger partial charge in [0.2, 0.25) is 0 Å². The standard InChI is InChI=1S/C14H22ClN3O2/c1-9-5-10(7-12(15)17-9)6-11(8-16)18-13(19)20-14(2,3)4/h5,7,11H,6,8,16H2,1-4H3,(H,18,19). The smallest absolute Gasteiger partial charge is 0.407 e. The molecule has 0 aliphatic heterocycles. The zero-order chi connectivity index (χ0) is 15.3. The fourth-order valence-corrected chi connectivity index (χ4v) is 2.04. The molecule has 0 aliphatic carbocycles. The molecular weight excluding hydrogens is 278 g/mol. The van der Waals surface area contributed by atoms with E-state index in [1.807, 2.05) is 33.8 Å². The second-order valence-electron chi connectivity index (χ2n) is 5.72. The normalized spacial score (nSPS) is 12.9. The lowest BCUT2D eigenvalue weighted by Crippen LogP contribution is -2.44. The van der Waals surface area contributed by atoms with E-state index in [0.29, 0.717) is 18.1 Å². The average Bonchev–Trinajstić information content (AvgIpc) is 2.23. The molecule has 0 bridgehead atoms. The van der Waals surface area contributed by atoms with Gasteiger partial charge in [0.25, 0.3) is 0 Å². The van der Waals surface area contributed by atoms with Gasteiger partial charge < -0.3 is 15.8 Å². The van der Waals surface area contributed by atoms with Gasteiger partial charge in [0.1, 0.15) is 10.8 Å². The number of rotatable bonds is 4. The van der Waals surface area contributed by atoms with E-state index in [1.54, 1.807) is 6.07 Å². The SMILES string of the molecule is Cc1cc(CC(CN)NC(=O)OC(C)(C)C)cc(Cl)n1. The Bertz CT molecular complexity index is 452. The molecule has 1 unspecified atom stereocenters. The number of pyridine rings is 1. The zero-order valence-corrected chi connectivity index (χ0v) is 13.1. The number of ether oxygens (including phenoxy) is 1. The van der Waals surface area contributed by atoms with E-state index in [1.165, 1.54) is 0 Å². The predicted molar refractivity (Wildman–Crippen MR) is 79.9 cm³/mol. The lowest BCUT2D eigenvalue weighted by molar-refractivity contribution is 0.0506. The Morgan fingerprint density at radius 1 is 1.50 bits per heavy atom. The topological polar surface area (TPSA) is 77.2 Å². The summed E-state index contributed by atoms with van der Waals surface area (Å²) in [6, 6.07) is 3.49. The Kier molecular flexibility index (Phi) is 5.77. The highest BCUT2D eigenvalue weighted by molar-refractivity contribution is 6.29. The van der Waals surface area contributed by atoms with Gasteiger partial charge in [-0.15, -0.1) is 0 Å². The summed E-state index contributed by atoms with van der Waals surface area (Å²) in [4.78, 5) is 15.8. The van der Waals surface area contributed by atoms with Crippen LogP contribution >= 0.6 is 11.6 Å². The zero-order valence-electron chi connectivity index (χ0n) is 12.4. The Morgan fingerprint density at radius 3 is 2.65 bits per heavy atom. The second kappa shape index (κ2) is 6.90. The van der Waals surface area contributed by atoms with E-state index in [9.17, 15) is 4.79 Å². The molecule has 1 atom stereocenters. The van der Waals surface area contributed by atoms with Crippen LogP contribution in [0.3, 0.4) is 0 Å². The summed E-state index contributed by atoms with van der Waals surface area (Å²) in [5, 5.41) is 3.20. The van der Waals surface area contributed by atoms with Gasteiger partial charge in [-0.1, -0.05) is 11.6 Å². The van der Waals surface area contributed by atoms with Crippen molar-refractivity contribution in [2.45, 2.75) is 45.8 Å². The van der Waals surface area contributed by atoms with E-state index >= 15 is 0 Å². The Balaban J connectivity index is 2.65. The molecule has 5 nitrogen and oxygen atoms in total. The van der Waals surface area contributed by atoms with Crippen LogP contribution in [0.15, 0.2) is 12.1 Å². The van der Waals surface area contributed by atoms with Gasteiger partial charge in [-0.25, -0.2) is 9.78 Å². The molecule has 1 aromatic heterocycles. The van der Waals surface area contributed by atoms with E-state index in [0.717, 1.165) is 11.3 Å². The number of nitrogens with one attached hydrogen (secondary N) is 1. The molecule has 0 saturated carbocycles. The largest absolute Gasteiger partial charge is 0.444 e. The van der Waals surface area contributed by atoms with Crippen LogP contribution in [0.1, 0.15) is 32.0 Å². The van der Waals surface area contributed by atoms with Crippen molar-refractivity contribution < 1.29 is 9.53 Å². The van der Waals surface area contributed by atoms with Gasteiger partial charge in [-0.3, -0.25) is 0 Å². The van der Waals surface area contributed by atoms with E-state index in [2.05, 4.69) is 10.3 Å². The minimum absolute atomic E-state index is 0.206. The molecule has 0 fully saturated rings. The van der Waals surface area contributed by atoms with Crippen LogP contribution in [-0.2, 0) is 11.2 Å². The number of alkyl carbamates (subject to hydrolysis) is 1. The highest BCUT2D eigenvalue weighted by Crippen LogP contribution is 2.13. The van der Waals surface area contributed by atoms with E-state index in [-0.39, 0.29) is 6.04 Å². The van der Waals surface area contributed by atoms with Crippen molar-refractivity contribution in [1.82, 2.24) is 10.3 Å². The quantitative estimate of drug-likeness (QED) is 0.837. The first kappa shape index (κ1) is 16.7. The van der Waals surface area contributed by atoms with Crippen molar-refractivity contribution in [2.75, 3.05) is 6.54 Å². The molecule has 112 valence electrons. The summed E-state index contributed by atoms with van der Waals surface area (Å²) in [6.45, 7) is 7.63. The maximum atomic E-state index is 11.7. The van der Waals surface area contributed by atoms with E-state index < -0.39 is 11.7 Å². The second-order valence-corrected chi connectivity index (χ2v) is 6.11. The first-order valence-corrected chi connectivity index (χ1v) is 6.90. The molecule has 0 radical (unpaired) electrons. The first-order chi connectivity index (χ1) is 9.19. The summed E-state index contributed by atoms with van der Waals surface area (Å²) in [5.41, 5.74) is 6.98. The van der Waals surface area contributed by atoms with Crippen molar-refractivity contribution in [1.29, 1.82) is 0 Å². The van der Waals surface area contributed by atoms with Crippen molar-refractivity contribution in [3.05, 3.63) is 28.5 Å². The molecule has 1 amide bonds. The van der Waals surface area contributed by atoms with Gasteiger partial charge >= 0.3 is 6.09 Å². The minimum Gasteiger partial charge on any atom is -0.444 e. The number of nitrogens with zero attached hydrogens (tertiary/aromatic N) is 1. The monoisotopic (exact) mass is 299 g/mol. The number of amides is 1. The Morgan fingerprint density at radius 2 is 2.15 bits per heavy atom. The third-order valence-corrected chi connectivity index (χ3v) is 2.66. The highest BCUT2D eigenvalue weighted by atomic mass is 35.5. The van der Waals surface area contributed by atoms with Crippen LogP contribution in [0.5, 0.6) is 0 Å². The average molecular weight is 300 g/mol. The van der Waals surface area contributed by atoms with Crippen LogP contribution in [0, 0.1) is 6.92 Å². The third-order valence-electron chi connectivity index (χ3n) is 2.47. The maximum Gasteiger partial charge on any atom is 0.407 e. The van der Waals surface area contributed by atoms with Gasteiger partial charge in [0.05, 0.1) is 0 Å². The number of aryl methyl sites for hydroxylation is 1. The fourth-order valence-electron chi connectivity index (χ4n) is 1.77. The van der Waals surface area contributed by atoms with Gasteiger partial charge in [0, 0.05) is 18.3 Å². The fraction of sp³-hybridized carbons (Fsp3) is 0.571. The predicted octanol–water partition coefficient (Wildman–Crippen LogP) is 2.44. The number of aromatic nitrogens is 1. The molecule has 1 aromatic rings. The molecule has 3 N–H and O–H groups in total. The Labute approximate surface area is 124 Å². The van der Waals surface area contributed by atoms with Crippen molar-refractivity contribution >= 4 is 17.7 Å². The first-order valence-electron chi connectivity index (χ1n) is 6.52. The number of halogens is 1. The number of carbonyl (C=O) groups excluding carboxylic acids is 1. The summed E-state index contributed by atoms with van der Waals surface area (Å²) in [6.07, 6.45) is 0.114. The summed E-state index contributed by atoms with van der Waals surface area (Å²) in [7, 11) is 0. The van der Waals surface area contributed by atoms with Crippen molar-refractivity contribution in [3.8, 4) is 0 Å². The van der Waals surface area contributed by atoms with Gasteiger partial charge in [-0.2, -0.15) is 0 Å². The molecule has 1 heterocycles. The van der Waals surface area contributed by atoms with Crippen LogP contribution in [0.4, 0.5) is 4.79 Å². The third kappa shape index (κ3) is 6.21. The number of hydrogen-bond donors (Lipinski definition) is 2. The van der Waals surface area contributed by atoms with Gasteiger partial charge in [-0.05, 0) is 51.8 Å². The van der Waals surface area contributed by atoms with Gasteiger partial charge in [0.15, 0.2) is 0 Å². The molecule has 6 heteroatoms. The summed E-state index contributed by atoms with van der Waals surface area (Å²) < 4.78 is 5.21. The van der Waals surface area contributed by atoms with Crippen LogP contribution in [0.25, 0.3) is 0 Å². The number of carbonyl (C=O) groups is 1. The number of hydrogen-bond acceptors (Lipinski definition) is 4. The molecular formula is C14H22ClN3O2. The molecule has 0 aliphatic rings. The van der Waals surface area contributed by atoms with Crippen molar-refractivity contribution in [2.24, 2.45) is 5.73 Å². The minimum atomic E-state index is -0.528. The lowest BCUT2D eigenvalue weighted by atomic mass is 10.1. The molecule has 0 aromatic carbocycles. The Hall–Kier alpha value is -1.33. The summed E-state index contributed by atoms with van der Waals surface area (Å²) >= 11 is 5.92. The van der Waals surface area contributed by atoms with Crippen molar-refractivity contribution in [3.63, 3.8) is 0 Å².